The monoisotopic (exact) mass is 274 g/mol. The summed E-state index contributed by atoms with van der Waals surface area (Å²) in [4.78, 5) is 24.8. The summed E-state index contributed by atoms with van der Waals surface area (Å²) in [6.07, 6.45) is -0.285. The van der Waals surface area contributed by atoms with Gasteiger partial charge in [0.05, 0.1) is 13.7 Å². The maximum atomic E-state index is 11.9. The van der Waals surface area contributed by atoms with E-state index in [0.717, 1.165) is 0 Å². The Balaban J connectivity index is 2.80. The molecule has 1 aliphatic rings. The van der Waals surface area contributed by atoms with Gasteiger partial charge in [0.25, 0.3) is 0 Å². The fraction of sp³-hybridized carbons (Fsp3) is 0.833. The molecule has 110 valence electrons. The van der Waals surface area contributed by atoms with Crippen molar-refractivity contribution in [1.29, 1.82) is 0 Å². The number of carbonyl (C=O) groups is 2. The number of hydrogen-bond acceptors (Lipinski definition) is 6. The van der Waals surface area contributed by atoms with Crippen LogP contribution in [0.15, 0.2) is 0 Å². The van der Waals surface area contributed by atoms with Crippen molar-refractivity contribution in [2.75, 3.05) is 20.2 Å². The highest BCUT2D eigenvalue weighted by atomic mass is 16.6. The third-order valence-electron chi connectivity index (χ3n) is 2.95. The lowest BCUT2D eigenvalue weighted by atomic mass is 9.88. The van der Waals surface area contributed by atoms with E-state index in [-0.39, 0.29) is 6.54 Å². The molecule has 7 nitrogen and oxygen atoms in total. The first-order chi connectivity index (χ1) is 8.60. The minimum Gasteiger partial charge on any atom is -0.467 e. The molecular weight excluding hydrogens is 252 g/mol. The predicted octanol–water partition coefficient (Wildman–Crippen LogP) is -0.141. The van der Waals surface area contributed by atoms with Gasteiger partial charge in [-0.2, -0.15) is 0 Å². The average molecular weight is 274 g/mol. The molecule has 0 saturated carbocycles. The molecule has 7 heteroatoms. The van der Waals surface area contributed by atoms with E-state index in [0.29, 0.717) is 13.0 Å². The molecule has 1 fully saturated rings. The molecule has 0 radical (unpaired) electrons. The third kappa shape index (κ3) is 3.57. The maximum Gasteiger partial charge on any atom is 0.410 e. The Morgan fingerprint density at radius 3 is 2.47 bits per heavy atom. The average Bonchev–Trinajstić information content (AvgIpc) is 2.29. The summed E-state index contributed by atoms with van der Waals surface area (Å²) in [7, 11) is 1.17. The number of aliphatic hydroxyl groups is 1. The third-order valence-corrected chi connectivity index (χ3v) is 2.95. The molecule has 19 heavy (non-hydrogen) atoms. The van der Waals surface area contributed by atoms with E-state index in [2.05, 4.69) is 4.74 Å². The van der Waals surface area contributed by atoms with Gasteiger partial charge in [-0.3, -0.25) is 0 Å². The molecule has 0 aliphatic carbocycles. The van der Waals surface area contributed by atoms with Crippen LogP contribution >= 0.6 is 0 Å². The van der Waals surface area contributed by atoms with Crippen LogP contribution in [0.25, 0.3) is 0 Å². The summed E-state index contributed by atoms with van der Waals surface area (Å²) < 4.78 is 9.75. The molecule has 1 saturated heterocycles. The molecule has 0 aromatic rings. The van der Waals surface area contributed by atoms with Crippen molar-refractivity contribution >= 4 is 12.1 Å². The smallest absolute Gasteiger partial charge is 0.410 e. The van der Waals surface area contributed by atoms with Crippen molar-refractivity contribution in [3.8, 4) is 0 Å². The fourth-order valence-corrected chi connectivity index (χ4v) is 1.90. The second-order valence-electron chi connectivity index (χ2n) is 5.71. The van der Waals surface area contributed by atoms with Crippen molar-refractivity contribution in [2.45, 2.75) is 44.4 Å². The van der Waals surface area contributed by atoms with Gasteiger partial charge >= 0.3 is 12.1 Å². The van der Waals surface area contributed by atoms with Crippen LogP contribution in [-0.4, -0.2) is 59.5 Å². The summed E-state index contributed by atoms with van der Waals surface area (Å²) in [5.41, 5.74) is 3.23. The SMILES string of the molecule is COC(=O)[C@@]1(O)CN(C(=O)OC(C)(C)C)CC[C@H]1N. The van der Waals surface area contributed by atoms with E-state index in [9.17, 15) is 14.7 Å². The molecular formula is C12H22N2O5. The lowest BCUT2D eigenvalue weighted by molar-refractivity contribution is -0.169. The van der Waals surface area contributed by atoms with Gasteiger partial charge in [0.2, 0.25) is 0 Å². The highest BCUT2D eigenvalue weighted by Crippen LogP contribution is 2.23. The van der Waals surface area contributed by atoms with Crippen LogP contribution in [0.5, 0.6) is 0 Å². The number of hydrogen-bond donors (Lipinski definition) is 2. The number of nitrogens with two attached hydrogens (primary N) is 1. The first kappa shape index (κ1) is 15.7. The van der Waals surface area contributed by atoms with Gasteiger partial charge in [-0.15, -0.1) is 0 Å². The summed E-state index contributed by atoms with van der Waals surface area (Å²) in [5, 5.41) is 10.3. The van der Waals surface area contributed by atoms with E-state index in [1.165, 1.54) is 12.0 Å². The standard InChI is InChI=1S/C12H22N2O5/c1-11(2,3)19-10(16)14-6-5-8(13)12(17,7-14)9(15)18-4/h8,17H,5-7,13H2,1-4H3/t8-,12-/m1/s1. The van der Waals surface area contributed by atoms with Crippen LogP contribution in [0, 0.1) is 0 Å². The molecule has 0 bridgehead atoms. The predicted molar refractivity (Wildman–Crippen MR) is 67.4 cm³/mol. The quantitative estimate of drug-likeness (QED) is 0.645. The number of methoxy groups -OCH3 is 1. The zero-order chi connectivity index (χ0) is 14.8. The summed E-state index contributed by atoms with van der Waals surface area (Å²) in [5.74, 6) is -0.840. The number of β-amino-alcohol motifs (C(OH)–C–C–N with tert-alkyl or cyclic N) is 1. The van der Waals surface area contributed by atoms with Crippen molar-refractivity contribution in [1.82, 2.24) is 4.90 Å². The molecule has 0 unspecified atom stereocenters. The summed E-state index contributed by atoms with van der Waals surface area (Å²) in [6.45, 7) is 5.33. The zero-order valence-corrected chi connectivity index (χ0v) is 11.8. The largest absolute Gasteiger partial charge is 0.467 e. The van der Waals surface area contributed by atoms with Crippen LogP contribution in [0.1, 0.15) is 27.2 Å². The number of carbonyl (C=O) groups excluding carboxylic acids is 2. The Labute approximate surface area is 112 Å². The van der Waals surface area contributed by atoms with Crippen LogP contribution < -0.4 is 5.73 Å². The molecule has 3 N–H and O–H groups in total. The van der Waals surface area contributed by atoms with E-state index in [1.807, 2.05) is 0 Å². The van der Waals surface area contributed by atoms with Gasteiger partial charge in [-0.05, 0) is 27.2 Å². The van der Waals surface area contributed by atoms with Crippen molar-refractivity contribution in [2.24, 2.45) is 5.73 Å². The zero-order valence-electron chi connectivity index (χ0n) is 11.8. The van der Waals surface area contributed by atoms with Crippen LogP contribution in [0.2, 0.25) is 0 Å². The van der Waals surface area contributed by atoms with Crippen LogP contribution in [0.3, 0.4) is 0 Å². The number of ether oxygens (including phenoxy) is 2. The van der Waals surface area contributed by atoms with Crippen molar-refractivity contribution in [3.05, 3.63) is 0 Å². The van der Waals surface area contributed by atoms with Crippen LogP contribution in [-0.2, 0) is 14.3 Å². The number of amides is 1. The normalized spacial score (nSPS) is 27.9. The molecule has 0 aromatic heterocycles. The number of piperidine rings is 1. The Morgan fingerprint density at radius 2 is 2.00 bits per heavy atom. The van der Waals surface area contributed by atoms with E-state index < -0.39 is 29.3 Å². The van der Waals surface area contributed by atoms with Gasteiger partial charge in [-0.1, -0.05) is 0 Å². The highest BCUT2D eigenvalue weighted by Gasteiger charge is 2.49. The Kier molecular flexibility index (Phi) is 4.42. The molecule has 0 aromatic carbocycles. The number of likely N-dealkylation sites (tertiary alicyclic amines) is 1. The van der Waals surface area contributed by atoms with Gasteiger partial charge in [0.15, 0.2) is 5.60 Å². The summed E-state index contributed by atoms with van der Waals surface area (Å²) >= 11 is 0. The van der Waals surface area contributed by atoms with E-state index in [4.69, 9.17) is 10.5 Å². The highest BCUT2D eigenvalue weighted by molar-refractivity contribution is 5.82. The van der Waals surface area contributed by atoms with Crippen molar-refractivity contribution < 1.29 is 24.2 Å². The molecule has 1 rings (SSSR count). The summed E-state index contributed by atoms with van der Waals surface area (Å²) in [6, 6.07) is -0.765. The molecule has 1 amide bonds. The van der Waals surface area contributed by atoms with E-state index >= 15 is 0 Å². The Morgan fingerprint density at radius 1 is 1.42 bits per heavy atom. The number of rotatable bonds is 1. The lowest BCUT2D eigenvalue weighted by Crippen LogP contribution is -2.65. The Bertz CT molecular complexity index is 366. The van der Waals surface area contributed by atoms with Crippen LogP contribution in [0.4, 0.5) is 4.79 Å². The van der Waals surface area contributed by atoms with Gasteiger partial charge in [0, 0.05) is 12.6 Å². The first-order valence-electron chi connectivity index (χ1n) is 6.14. The Hall–Kier alpha value is -1.34. The molecule has 1 aliphatic heterocycles. The maximum absolute atomic E-state index is 11.9. The topological polar surface area (TPSA) is 102 Å². The lowest BCUT2D eigenvalue weighted by Gasteiger charge is -2.41. The molecule has 2 atom stereocenters. The number of nitrogens with zero attached hydrogens (tertiary/aromatic N) is 1. The first-order valence-corrected chi connectivity index (χ1v) is 6.14. The molecule has 1 heterocycles. The second-order valence-corrected chi connectivity index (χ2v) is 5.71. The van der Waals surface area contributed by atoms with Gasteiger partial charge in [-0.25, -0.2) is 9.59 Å². The minimum absolute atomic E-state index is 0.226. The minimum atomic E-state index is -1.89. The van der Waals surface area contributed by atoms with Gasteiger partial charge < -0.3 is 25.2 Å². The fourth-order valence-electron chi connectivity index (χ4n) is 1.90. The van der Waals surface area contributed by atoms with Crippen molar-refractivity contribution in [3.63, 3.8) is 0 Å². The second kappa shape index (κ2) is 5.34. The van der Waals surface area contributed by atoms with E-state index in [1.54, 1.807) is 20.8 Å². The van der Waals surface area contributed by atoms with Gasteiger partial charge in [0.1, 0.15) is 5.60 Å². The molecule has 0 spiro atoms. The number of esters is 1.